The lowest BCUT2D eigenvalue weighted by Crippen LogP contribution is -2.36. The molecule has 0 radical (unpaired) electrons. The van der Waals surface area contributed by atoms with Gasteiger partial charge in [0.25, 0.3) is 0 Å². The predicted octanol–water partition coefficient (Wildman–Crippen LogP) is 4.27. The molecule has 1 heterocycles. The van der Waals surface area contributed by atoms with E-state index < -0.39 is 12.8 Å². The normalized spacial score (nSPS) is 11.7. The minimum Gasteiger partial charge on any atom is -0.484 e. The van der Waals surface area contributed by atoms with Gasteiger partial charge in [-0.1, -0.05) is 12.1 Å². The van der Waals surface area contributed by atoms with E-state index in [0.29, 0.717) is 25.6 Å². The van der Waals surface area contributed by atoms with Crippen molar-refractivity contribution in [3.63, 3.8) is 0 Å². The molecule has 5 nitrogen and oxygen atoms in total. The molecule has 1 aromatic heterocycles. The Morgan fingerprint density at radius 1 is 1.22 bits per heavy atom. The van der Waals surface area contributed by atoms with Crippen LogP contribution in [-0.2, 0) is 13.1 Å². The van der Waals surface area contributed by atoms with Crippen molar-refractivity contribution in [2.45, 2.75) is 33.1 Å². The van der Waals surface area contributed by atoms with Crippen LogP contribution in [0.2, 0.25) is 0 Å². The highest BCUT2D eigenvalue weighted by Crippen LogP contribution is 2.19. The molecule has 1 aromatic carbocycles. The first-order chi connectivity index (χ1) is 12.4. The summed E-state index contributed by atoms with van der Waals surface area (Å²) in [5, 5.41) is 7.32. The number of rotatable bonds is 7. The monoisotopic (exact) mass is 514 g/mol. The van der Waals surface area contributed by atoms with Crippen molar-refractivity contribution in [3.8, 4) is 5.75 Å². The molecule has 0 amide bonds. The number of hydrogen-bond acceptors (Lipinski definition) is 4. The van der Waals surface area contributed by atoms with E-state index in [9.17, 15) is 13.2 Å². The van der Waals surface area contributed by atoms with Gasteiger partial charge in [0.1, 0.15) is 10.8 Å². The number of hydrogen-bond donors (Lipinski definition) is 2. The third-order valence-corrected chi connectivity index (χ3v) is 4.08. The summed E-state index contributed by atoms with van der Waals surface area (Å²) in [6, 6.07) is 6.41. The summed E-state index contributed by atoms with van der Waals surface area (Å²) in [5.41, 5.74) is 0.867. The number of aliphatic imine (C=N–C) groups is 1. The van der Waals surface area contributed by atoms with E-state index in [-0.39, 0.29) is 29.7 Å². The number of nitrogens with one attached hydrogen (secondary N) is 2. The maximum atomic E-state index is 12.1. The molecule has 2 rings (SSSR count). The van der Waals surface area contributed by atoms with E-state index in [0.717, 1.165) is 15.4 Å². The number of benzene rings is 1. The molecule has 0 fully saturated rings. The predicted molar refractivity (Wildman–Crippen MR) is 112 cm³/mol. The van der Waals surface area contributed by atoms with Gasteiger partial charge in [-0.15, -0.1) is 35.3 Å². The Morgan fingerprint density at radius 3 is 2.48 bits per heavy atom. The average Bonchev–Trinajstić information content (AvgIpc) is 3.01. The quantitative estimate of drug-likeness (QED) is 0.330. The molecular weight excluding hydrogens is 492 g/mol. The van der Waals surface area contributed by atoms with E-state index in [4.69, 9.17) is 0 Å². The molecule has 0 unspecified atom stereocenters. The van der Waals surface area contributed by atoms with E-state index in [1.165, 1.54) is 12.1 Å². The largest absolute Gasteiger partial charge is 0.484 e. The Bertz CT molecular complexity index is 720. The zero-order chi connectivity index (χ0) is 19.0. The van der Waals surface area contributed by atoms with Crippen LogP contribution in [0.3, 0.4) is 0 Å². The number of alkyl halides is 3. The summed E-state index contributed by atoms with van der Waals surface area (Å²) in [6.45, 7) is 4.36. The van der Waals surface area contributed by atoms with Gasteiger partial charge in [-0.2, -0.15) is 13.2 Å². The van der Waals surface area contributed by atoms with Crippen LogP contribution in [0.5, 0.6) is 5.75 Å². The molecule has 0 aliphatic carbocycles. The first-order valence-electron chi connectivity index (χ1n) is 8.07. The Hall–Kier alpha value is -1.56. The number of nitrogens with zero attached hydrogens (tertiary/aromatic N) is 2. The molecule has 0 atom stereocenters. The van der Waals surface area contributed by atoms with Gasteiger partial charge in [0.2, 0.25) is 0 Å². The molecule has 27 heavy (non-hydrogen) atoms. The van der Waals surface area contributed by atoms with Crippen LogP contribution in [-0.4, -0.2) is 30.3 Å². The van der Waals surface area contributed by atoms with Gasteiger partial charge >= 0.3 is 6.18 Å². The van der Waals surface area contributed by atoms with Gasteiger partial charge in [-0.05, 0) is 31.5 Å². The van der Waals surface area contributed by atoms with Crippen LogP contribution in [0, 0.1) is 6.92 Å². The summed E-state index contributed by atoms with van der Waals surface area (Å²) < 4.78 is 41.1. The maximum Gasteiger partial charge on any atom is 0.422 e. The van der Waals surface area contributed by atoms with Crippen molar-refractivity contribution in [1.82, 2.24) is 15.6 Å². The van der Waals surface area contributed by atoms with Crippen molar-refractivity contribution >= 4 is 41.3 Å². The van der Waals surface area contributed by atoms with Crippen molar-refractivity contribution in [2.75, 3.05) is 13.2 Å². The smallest absolute Gasteiger partial charge is 0.422 e. The second-order valence-electron chi connectivity index (χ2n) is 5.46. The molecule has 0 aliphatic rings. The van der Waals surface area contributed by atoms with Crippen LogP contribution in [0.1, 0.15) is 22.4 Å². The van der Waals surface area contributed by atoms with E-state index in [1.54, 1.807) is 23.5 Å². The van der Waals surface area contributed by atoms with E-state index >= 15 is 0 Å². The zero-order valence-electron chi connectivity index (χ0n) is 15.0. The summed E-state index contributed by atoms with van der Waals surface area (Å²) in [4.78, 5) is 9.91. The minimum atomic E-state index is -4.34. The fourth-order valence-corrected chi connectivity index (χ4v) is 2.74. The van der Waals surface area contributed by atoms with Gasteiger partial charge in [-0.25, -0.2) is 9.98 Å². The van der Waals surface area contributed by atoms with Gasteiger partial charge < -0.3 is 15.4 Å². The van der Waals surface area contributed by atoms with E-state index in [2.05, 4.69) is 25.3 Å². The van der Waals surface area contributed by atoms with Crippen molar-refractivity contribution in [3.05, 3.63) is 45.9 Å². The summed E-state index contributed by atoms with van der Waals surface area (Å²) in [6.07, 6.45) is -2.51. The average molecular weight is 514 g/mol. The van der Waals surface area contributed by atoms with Gasteiger partial charge in [0.15, 0.2) is 12.6 Å². The highest BCUT2D eigenvalue weighted by molar-refractivity contribution is 14.0. The SMILES string of the molecule is CCNC(=NCc1ccc(OCC(F)(F)F)cc1)NCc1ncc(C)s1.I. The lowest BCUT2D eigenvalue weighted by molar-refractivity contribution is -0.153. The molecule has 0 aliphatic heterocycles. The number of ether oxygens (including phenoxy) is 1. The van der Waals surface area contributed by atoms with Gasteiger partial charge in [0, 0.05) is 17.6 Å². The Kier molecular flexibility index (Phi) is 9.84. The number of aromatic nitrogens is 1. The summed E-state index contributed by atoms with van der Waals surface area (Å²) in [5.74, 6) is 0.831. The van der Waals surface area contributed by atoms with Crippen LogP contribution in [0.15, 0.2) is 35.5 Å². The Balaban J connectivity index is 0.00000364. The standard InChI is InChI=1S/C17H21F3N4OS.HI/c1-3-21-16(24-10-15-22-8-12(2)26-15)23-9-13-4-6-14(7-5-13)25-11-17(18,19)20;/h4-8H,3,9-11H2,1-2H3,(H2,21,23,24);1H. The fourth-order valence-electron chi connectivity index (χ4n) is 2.01. The molecule has 0 saturated carbocycles. The van der Waals surface area contributed by atoms with Crippen LogP contribution >= 0.6 is 35.3 Å². The molecule has 2 aromatic rings. The minimum absolute atomic E-state index is 0. The maximum absolute atomic E-state index is 12.1. The van der Waals surface area contributed by atoms with Crippen LogP contribution in [0.25, 0.3) is 0 Å². The Labute approximate surface area is 177 Å². The van der Waals surface area contributed by atoms with Crippen molar-refractivity contribution in [1.29, 1.82) is 0 Å². The third kappa shape index (κ3) is 9.27. The zero-order valence-corrected chi connectivity index (χ0v) is 18.1. The molecule has 0 bridgehead atoms. The first-order valence-corrected chi connectivity index (χ1v) is 8.89. The number of guanidine groups is 1. The fraction of sp³-hybridized carbons (Fsp3) is 0.412. The van der Waals surface area contributed by atoms with Gasteiger partial charge in [-0.3, -0.25) is 0 Å². The topological polar surface area (TPSA) is 58.5 Å². The van der Waals surface area contributed by atoms with Crippen molar-refractivity contribution in [2.24, 2.45) is 4.99 Å². The number of thiazole rings is 1. The second-order valence-corrected chi connectivity index (χ2v) is 6.78. The molecule has 150 valence electrons. The number of halogens is 4. The van der Waals surface area contributed by atoms with Gasteiger partial charge in [0.05, 0.1) is 13.1 Å². The van der Waals surface area contributed by atoms with Crippen LogP contribution in [0.4, 0.5) is 13.2 Å². The lowest BCUT2D eigenvalue weighted by atomic mass is 10.2. The molecular formula is C17H22F3IN4OS. The van der Waals surface area contributed by atoms with E-state index in [1.807, 2.05) is 20.0 Å². The highest BCUT2D eigenvalue weighted by atomic mass is 127. The number of aryl methyl sites for hydroxylation is 1. The summed E-state index contributed by atoms with van der Waals surface area (Å²) >= 11 is 1.62. The molecule has 2 N–H and O–H groups in total. The van der Waals surface area contributed by atoms with Crippen molar-refractivity contribution < 1.29 is 17.9 Å². The summed E-state index contributed by atoms with van der Waals surface area (Å²) in [7, 11) is 0. The Morgan fingerprint density at radius 2 is 1.93 bits per heavy atom. The first kappa shape index (κ1) is 23.5. The second kappa shape index (κ2) is 11.3. The third-order valence-electron chi connectivity index (χ3n) is 3.17. The lowest BCUT2D eigenvalue weighted by Gasteiger charge is -2.11. The molecule has 10 heteroatoms. The molecule has 0 spiro atoms. The molecule has 0 saturated heterocycles. The van der Waals surface area contributed by atoms with Crippen LogP contribution < -0.4 is 15.4 Å². The highest BCUT2D eigenvalue weighted by Gasteiger charge is 2.28.